The standard InChI is InChI=1S/C24H23N5O3/c1-14-21-16(9-10-17(27-21)15-11-18(31-4)22(32-5)26-12-15)23(30)29(14)20-8-6-7-19(28-20)24(2,3)13-25/h6-12,14H,1-5H3/t14-/m1/s1. The number of anilines is 1. The van der Waals surface area contributed by atoms with Gasteiger partial charge in [0.1, 0.15) is 5.82 Å². The van der Waals surface area contributed by atoms with Crippen LogP contribution in [-0.4, -0.2) is 35.1 Å². The van der Waals surface area contributed by atoms with Crippen LogP contribution in [0.1, 0.15) is 48.6 Å². The average Bonchev–Trinajstić information content (AvgIpc) is 3.07. The molecule has 0 fully saturated rings. The minimum atomic E-state index is -0.763. The van der Waals surface area contributed by atoms with Gasteiger partial charge in [0.25, 0.3) is 11.8 Å². The summed E-state index contributed by atoms with van der Waals surface area (Å²) >= 11 is 0. The highest BCUT2D eigenvalue weighted by Gasteiger charge is 2.38. The number of rotatable bonds is 5. The molecule has 8 nitrogen and oxygen atoms in total. The van der Waals surface area contributed by atoms with E-state index < -0.39 is 5.41 Å². The van der Waals surface area contributed by atoms with Crippen molar-refractivity contribution < 1.29 is 14.3 Å². The second-order valence-electron chi connectivity index (χ2n) is 8.03. The van der Waals surface area contributed by atoms with Gasteiger partial charge < -0.3 is 9.47 Å². The van der Waals surface area contributed by atoms with Crippen LogP contribution in [-0.2, 0) is 5.41 Å². The van der Waals surface area contributed by atoms with Crippen LogP contribution in [0.3, 0.4) is 0 Å². The van der Waals surface area contributed by atoms with Crippen LogP contribution >= 0.6 is 0 Å². The highest BCUT2D eigenvalue weighted by molar-refractivity contribution is 6.10. The van der Waals surface area contributed by atoms with Gasteiger partial charge in [0.05, 0.1) is 54.4 Å². The van der Waals surface area contributed by atoms with Gasteiger partial charge in [-0.15, -0.1) is 0 Å². The van der Waals surface area contributed by atoms with E-state index in [0.29, 0.717) is 40.1 Å². The Morgan fingerprint density at radius 2 is 1.91 bits per heavy atom. The first kappa shape index (κ1) is 21.2. The molecular weight excluding hydrogens is 406 g/mol. The third-order valence-electron chi connectivity index (χ3n) is 5.59. The number of fused-ring (bicyclic) bond motifs is 1. The van der Waals surface area contributed by atoms with E-state index in [1.165, 1.54) is 7.11 Å². The van der Waals surface area contributed by atoms with Crippen molar-refractivity contribution >= 4 is 11.7 Å². The quantitative estimate of drug-likeness (QED) is 0.602. The molecule has 4 rings (SSSR count). The molecule has 32 heavy (non-hydrogen) atoms. The monoisotopic (exact) mass is 429 g/mol. The molecule has 1 aliphatic rings. The molecule has 0 aromatic carbocycles. The zero-order valence-corrected chi connectivity index (χ0v) is 18.6. The highest BCUT2D eigenvalue weighted by Crippen LogP contribution is 2.38. The number of nitrogens with zero attached hydrogens (tertiary/aromatic N) is 5. The van der Waals surface area contributed by atoms with Crippen molar-refractivity contribution in [2.45, 2.75) is 32.2 Å². The zero-order chi connectivity index (χ0) is 23.0. The maximum Gasteiger partial charge on any atom is 0.261 e. The fourth-order valence-electron chi connectivity index (χ4n) is 3.70. The molecule has 0 N–H and O–H groups in total. The summed E-state index contributed by atoms with van der Waals surface area (Å²) < 4.78 is 10.5. The first-order chi connectivity index (χ1) is 15.3. The topological polar surface area (TPSA) is 101 Å². The number of ether oxygens (including phenoxy) is 2. The smallest absolute Gasteiger partial charge is 0.261 e. The predicted molar refractivity (Wildman–Crippen MR) is 119 cm³/mol. The Morgan fingerprint density at radius 1 is 1.12 bits per heavy atom. The van der Waals surface area contributed by atoms with Crippen molar-refractivity contribution in [3.63, 3.8) is 0 Å². The maximum absolute atomic E-state index is 13.2. The van der Waals surface area contributed by atoms with Crippen molar-refractivity contribution in [1.29, 1.82) is 5.26 Å². The number of carbonyl (C=O) groups excluding carboxylic acids is 1. The van der Waals surface area contributed by atoms with E-state index in [4.69, 9.17) is 14.5 Å². The molecule has 3 aromatic rings. The van der Waals surface area contributed by atoms with Gasteiger partial charge in [0.2, 0.25) is 0 Å². The number of carbonyl (C=O) groups is 1. The van der Waals surface area contributed by atoms with Gasteiger partial charge in [-0.1, -0.05) is 6.07 Å². The normalized spacial score (nSPS) is 15.3. The first-order valence-electron chi connectivity index (χ1n) is 10.1. The van der Waals surface area contributed by atoms with Crippen LogP contribution in [0.5, 0.6) is 11.6 Å². The Hall–Kier alpha value is -3.99. The van der Waals surface area contributed by atoms with Gasteiger partial charge in [0, 0.05) is 11.8 Å². The Kier molecular flexibility index (Phi) is 5.26. The fourth-order valence-corrected chi connectivity index (χ4v) is 3.70. The molecule has 0 aliphatic carbocycles. The SMILES string of the molecule is COc1cc(-c2ccc3c(n2)[C@@H](C)N(c2cccc(C(C)(C)C#N)n2)C3=O)cnc1OC. The van der Waals surface area contributed by atoms with E-state index in [-0.39, 0.29) is 11.9 Å². The lowest BCUT2D eigenvalue weighted by Crippen LogP contribution is -2.28. The van der Waals surface area contributed by atoms with Gasteiger partial charge in [-0.2, -0.15) is 5.26 Å². The molecule has 0 spiro atoms. The Balaban J connectivity index is 1.72. The molecule has 1 aliphatic heterocycles. The summed E-state index contributed by atoms with van der Waals surface area (Å²) in [4.78, 5) is 28.5. The van der Waals surface area contributed by atoms with E-state index in [0.717, 1.165) is 5.56 Å². The number of nitriles is 1. The van der Waals surface area contributed by atoms with Gasteiger partial charge in [-0.3, -0.25) is 9.69 Å². The van der Waals surface area contributed by atoms with E-state index in [1.807, 2.05) is 13.0 Å². The summed E-state index contributed by atoms with van der Waals surface area (Å²) in [5, 5.41) is 9.46. The molecule has 8 heteroatoms. The van der Waals surface area contributed by atoms with Crippen molar-refractivity contribution in [2.75, 3.05) is 19.1 Å². The summed E-state index contributed by atoms with van der Waals surface area (Å²) in [5.74, 6) is 1.21. The van der Waals surface area contributed by atoms with Crippen LogP contribution in [0, 0.1) is 11.3 Å². The summed E-state index contributed by atoms with van der Waals surface area (Å²) in [5.41, 5.74) is 2.46. The Bertz CT molecular complexity index is 1250. The number of hydrogen-bond donors (Lipinski definition) is 0. The van der Waals surface area contributed by atoms with Crippen LogP contribution in [0.15, 0.2) is 42.6 Å². The molecule has 3 aromatic heterocycles. The third-order valence-corrected chi connectivity index (χ3v) is 5.59. The van der Waals surface area contributed by atoms with Crippen LogP contribution in [0.2, 0.25) is 0 Å². The van der Waals surface area contributed by atoms with Crippen molar-refractivity contribution in [3.05, 3.63) is 59.5 Å². The van der Waals surface area contributed by atoms with Crippen LogP contribution in [0.25, 0.3) is 11.3 Å². The number of amides is 1. The number of hydrogen-bond acceptors (Lipinski definition) is 7. The number of methoxy groups -OCH3 is 2. The van der Waals surface area contributed by atoms with Gasteiger partial charge in [0.15, 0.2) is 5.75 Å². The van der Waals surface area contributed by atoms with Gasteiger partial charge in [-0.25, -0.2) is 15.0 Å². The summed E-state index contributed by atoms with van der Waals surface area (Å²) in [6.07, 6.45) is 1.66. The Morgan fingerprint density at radius 3 is 2.59 bits per heavy atom. The highest BCUT2D eigenvalue weighted by atomic mass is 16.5. The summed E-state index contributed by atoms with van der Waals surface area (Å²) in [7, 11) is 3.08. The van der Waals surface area contributed by atoms with E-state index in [2.05, 4.69) is 16.0 Å². The van der Waals surface area contributed by atoms with Crippen LogP contribution in [0.4, 0.5) is 5.82 Å². The van der Waals surface area contributed by atoms with Gasteiger partial charge in [-0.05, 0) is 51.1 Å². The second kappa shape index (κ2) is 7.93. The van der Waals surface area contributed by atoms with E-state index >= 15 is 0 Å². The molecule has 0 bridgehead atoms. The molecule has 162 valence electrons. The maximum atomic E-state index is 13.2. The lowest BCUT2D eigenvalue weighted by molar-refractivity contribution is 0.0991. The van der Waals surface area contributed by atoms with Crippen molar-refractivity contribution in [3.8, 4) is 29.0 Å². The van der Waals surface area contributed by atoms with E-state index in [9.17, 15) is 10.1 Å². The molecule has 4 heterocycles. The summed E-state index contributed by atoms with van der Waals surface area (Å²) in [6.45, 7) is 5.51. The molecule has 0 unspecified atom stereocenters. The zero-order valence-electron chi connectivity index (χ0n) is 18.6. The van der Waals surface area contributed by atoms with E-state index in [1.54, 1.807) is 62.4 Å². The van der Waals surface area contributed by atoms with Crippen molar-refractivity contribution in [1.82, 2.24) is 15.0 Å². The molecule has 0 radical (unpaired) electrons. The summed E-state index contributed by atoms with van der Waals surface area (Å²) in [6, 6.07) is 12.7. The third kappa shape index (κ3) is 3.42. The Labute approximate surface area is 186 Å². The molecular formula is C24H23N5O3. The van der Waals surface area contributed by atoms with Gasteiger partial charge >= 0.3 is 0 Å². The molecule has 1 amide bonds. The second-order valence-corrected chi connectivity index (χ2v) is 8.03. The largest absolute Gasteiger partial charge is 0.491 e. The average molecular weight is 429 g/mol. The van der Waals surface area contributed by atoms with Crippen molar-refractivity contribution in [2.24, 2.45) is 0 Å². The first-order valence-corrected chi connectivity index (χ1v) is 10.1. The fraction of sp³-hybridized carbons (Fsp3) is 0.292. The molecule has 1 atom stereocenters. The molecule has 0 saturated carbocycles. The minimum Gasteiger partial charge on any atom is -0.491 e. The lowest BCUT2D eigenvalue weighted by atomic mass is 9.91. The van der Waals surface area contributed by atoms with Crippen LogP contribution < -0.4 is 14.4 Å². The minimum absolute atomic E-state index is 0.170. The number of aromatic nitrogens is 3. The molecule has 0 saturated heterocycles. The lowest BCUT2D eigenvalue weighted by Gasteiger charge is -2.23. The number of pyridine rings is 3. The predicted octanol–water partition coefficient (Wildman–Crippen LogP) is 4.08.